The van der Waals surface area contributed by atoms with Crippen LogP contribution in [0.3, 0.4) is 0 Å². The Bertz CT molecular complexity index is 661. The van der Waals surface area contributed by atoms with Crippen molar-refractivity contribution in [1.82, 2.24) is 5.32 Å². The molecule has 0 spiro atoms. The summed E-state index contributed by atoms with van der Waals surface area (Å²) in [6, 6.07) is 5.24. The maximum Gasteiger partial charge on any atom is 0.244 e. The summed E-state index contributed by atoms with van der Waals surface area (Å²) in [5.74, 6) is -2.03. The Balaban J connectivity index is 1.97. The van der Waals surface area contributed by atoms with Crippen LogP contribution in [0.5, 0.6) is 0 Å². The molecule has 1 aromatic carbocycles. The number of aliphatic hydroxyl groups is 1. The number of hydrogen-bond donors (Lipinski definition) is 2. The number of halogens is 2. The average Bonchev–Trinajstić information content (AvgIpc) is 3.00. The molecule has 1 amide bonds. The van der Waals surface area contributed by atoms with E-state index in [2.05, 4.69) is 5.32 Å². The van der Waals surface area contributed by atoms with E-state index in [0.717, 1.165) is 24.3 Å². The minimum atomic E-state index is -1.20. The number of carbonyl (C=O) groups excluding carboxylic acids is 1. The van der Waals surface area contributed by atoms with Crippen LogP contribution < -0.4 is 5.32 Å². The van der Waals surface area contributed by atoms with Gasteiger partial charge in [-0.3, -0.25) is 4.79 Å². The lowest BCUT2D eigenvalue weighted by atomic mass is 9.99. The highest BCUT2D eigenvalue weighted by Crippen LogP contribution is 2.22. The molecule has 3 nitrogen and oxygen atoms in total. The van der Waals surface area contributed by atoms with E-state index >= 15 is 0 Å². The van der Waals surface area contributed by atoms with Gasteiger partial charge in [-0.05, 0) is 47.5 Å². The molecule has 1 aromatic heterocycles. The van der Waals surface area contributed by atoms with Crippen LogP contribution in [0.15, 0.2) is 41.1 Å². The number of thiophene rings is 1. The molecule has 0 bridgehead atoms. The van der Waals surface area contributed by atoms with Crippen LogP contribution in [0.1, 0.15) is 18.1 Å². The van der Waals surface area contributed by atoms with E-state index in [1.54, 1.807) is 18.4 Å². The first-order chi connectivity index (χ1) is 10.4. The largest absolute Gasteiger partial charge is 0.384 e. The van der Waals surface area contributed by atoms with Gasteiger partial charge in [-0.25, -0.2) is 8.78 Å². The Kier molecular flexibility index (Phi) is 5.05. The quantitative estimate of drug-likeness (QED) is 0.831. The summed E-state index contributed by atoms with van der Waals surface area (Å²) in [5, 5.41) is 16.4. The van der Waals surface area contributed by atoms with Crippen LogP contribution in [-0.2, 0) is 10.4 Å². The lowest BCUT2D eigenvalue weighted by molar-refractivity contribution is -0.117. The molecule has 0 unspecified atom stereocenters. The summed E-state index contributed by atoms with van der Waals surface area (Å²) in [6.07, 6.45) is 2.10. The SMILES string of the molecule is C[C@](O)(CNC(=O)/C=C\c1c(F)cccc1F)c1ccsc1. The van der Waals surface area contributed by atoms with Gasteiger partial charge in [0.1, 0.15) is 17.2 Å². The first-order valence-electron chi connectivity index (χ1n) is 6.55. The van der Waals surface area contributed by atoms with Crippen molar-refractivity contribution in [2.24, 2.45) is 0 Å². The van der Waals surface area contributed by atoms with Crippen LogP contribution in [-0.4, -0.2) is 17.6 Å². The van der Waals surface area contributed by atoms with E-state index in [1.165, 1.54) is 17.4 Å². The Labute approximate surface area is 130 Å². The molecule has 2 N–H and O–H groups in total. The molecule has 0 saturated heterocycles. The van der Waals surface area contributed by atoms with Crippen molar-refractivity contribution in [3.8, 4) is 0 Å². The molecular formula is C16H15F2NO2S. The lowest BCUT2D eigenvalue weighted by Crippen LogP contribution is -2.37. The van der Waals surface area contributed by atoms with E-state index in [-0.39, 0.29) is 12.1 Å². The van der Waals surface area contributed by atoms with E-state index in [9.17, 15) is 18.7 Å². The van der Waals surface area contributed by atoms with E-state index in [0.29, 0.717) is 5.56 Å². The van der Waals surface area contributed by atoms with Crippen molar-refractivity contribution >= 4 is 23.3 Å². The van der Waals surface area contributed by atoms with Crippen LogP contribution in [0, 0.1) is 11.6 Å². The predicted molar refractivity (Wildman–Crippen MR) is 82.3 cm³/mol. The van der Waals surface area contributed by atoms with Gasteiger partial charge in [0.25, 0.3) is 0 Å². The van der Waals surface area contributed by atoms with Crippen LogP contribution in [0.4, 0.5) is 8.78 Å². The van der Waals surface area contributed by atoms with Gasteiger partial charge >= 0.3 is 0 Å². The number of hydrogen-bond acceptors (Lipinski definition) is 3. The monoisotopic (exact) mass is 323 g/mol. The Morgan fingerprint density at radius 1 is 1.36 bits per heavy atom. The summed E-state index contributed by atoms with van der Waals surface area (Å²) in [6.45, 7) is 1.57. The zero-order valence-electron chi connectivity index (χ0n) is 11.8. The van der Waals surface area contributed by atoms with Gasteiger partial charge in [-0.1, -0.05) is 6.07 Å². The maximum atomic E-state index is 13.4. The third-order valence-corrected chi connectivity index (χ3v) is 3.83. The van der Waals surface area contributed by atoms with Crippen LogP contribution in [0.2, 0.25) is 0 Å². The fraction of sp³-hybridized carbons (Fsp3) is 0.188. The molecule has 0 aliphatic carbocycles. The first-order valence-corrected chi connectivity index (χ1v) is 7.49. The van der Waals surface area contributed by atoms with E-state index < -0.39 is 23.1 Å². The molecule has 6 heteroatoms. The average molecular weight is 323 g/mol. The summed E-state index contributed by atoms with van der Waals surface area (Å²) in [4.78, 5) is 11.7. The Morgan fingerprint density at radius 3 is 2.64 bits per heavy atom. The summed E-state index contributed by atoms with van der Waals surface area (Å²) < 4.78 is 26.8. The van der Waals surface area contributed by atoms with Crippen molar-refractivity contribution in [3.63, 3.8) is 0 Å². The molecule has 0 aliphatic heterocycles. The van der Waals surface area contributed by atoms with Gasteiger partial charge in [0.2, 0.25) is 5.91 Å². The molecule has 116 valence electrons. The molecule has 1 atom stereocenters. The highest BCUT2D eigenvalue weighted by molar-refractivity contribution is 7.08. The van der Waals surface area contributed by atoms with Gasteiger partial charge in [0.15, 0.2) is 0 Å². The first kappa shape index (κ1) is 16.3. The smallest absolute Gasteiger partial charge is 0.244 e. The fourth-order valence-electron chi connectivity index (χ4n) is 1.82. The molecule has 0 fully saturated rings. The van der Waals surface area contributed by atoms with Gasteiger partial charge in [0, 0.05) is 11.6 Å². The number of carbonyl (C=O) groups is 1. The fourth-order valence-corrected chi connectivity index (χ4v) is 2.60. The topological polar surface area (TPSA) is 49.3 Å². The second kappa shape index (κ2) is 6.81. The normalized spacial score (nSPS) is 14.0. The lowest BCUT2D eigenvalue weighted by Gasteiger charge is -2.22. The zero-order valence-corrected chi connectivity index (χ0v) is 12.7. The number of benzene rings is 1. The Morgan fingerprint density at radius 2 is 2.05 bits per heavy atom. The zero-order chi connectivity index (χ0) is 16.2. The molecule has 0 saturated carbocycles. The second-order valence-corrected chi connectivity index (χ2v) is 5.75. The minimum absolute atomic E-state index is 0.00728. The number of rotatable bonds is 5. The van der Waals surface area contributed by atoms with Crippen molar-refractivity contribution in [2.45, 2.75) is 12.5 Å². The highest BCUT2D eigenvalue weighted by atomic mass is 32.1. The third kappa shape index (κ3) is 3.99. The molecular weight excluding hydrogens is 308 g/mol. The van der Waals surface area contributed by atoms with E-state index in [1.807, 2.05) is 5.38 Å². The predicted octanol–water partition coefficient (Wildman–Crippen LogP) is 3.06. The maximum absolute atomic E-state index is 13.4. The number of amides is 1. The minimum Gasteiger partial charge on any atom is -0.384 e. The molecule has 22 heavy (non-hydrogen) atoms. The summed E-state index contributed by atoms with van der Waals surface area (Å²) >= 11 is 1.44. The third-order valence-electron chi connectivity index (χ3n) is 3.15. The molecule has 2 aromatic rings. The van der Waals surface area contributed by atoms with Crippen molar-refractivity contribution in [2.75, 3.05) is 6.54 Å². The van der Waals surface area contributed by atoms with Gasteiger partial charge < -0.3 is 10.4 Å². The molecule has 0 aliphatic rings. The van der Waals surface area contributed by atoms with E-state index in [4.69, 9.17) is 0 Å². The molecule has 1 heterocycles. The summed E-state index contributed by atoms with van der Waals surface area (Å²) in [7, 11) is 0. The summed E-state index contributed by atoms with van der Waals surface area (Å²) in [5.41, 5.74) is -0.781. The van der Waals surface area contributed by atoms with Crippen LogP contribution in [0.25, 0.3) is 6.08 Å². The van der Waals surface area contributed by atoms with Crippen molar-refractivity contribution < 1.29 is 18.7 Å². The highest BCUT2D eigenvalue weighted by Gasteiger charge is 2.23. The van der Waals surface area contributed by atoms with Gasteiger partial charge in [0.05, 0.1) is 6.54 Å². The molecule has 0 radical (unpaired) electrons. The van der Waals surface area contributed by atoms with Gasteiger partial charge in [-0.15, -0.1) is 0 Å². The van der Waals surface area contributed by atoms with Gasteiger partial charge in [-0.2, -0.15) is 11.3 Å². The molecule has 2 rings (SSSR count). The standard InChI is InChI=1S/C16H15F2NO2S/c1-16(21,11-7-8-22-9-11)10-19-15(20)6-5-12-13(17)3-2-4-14(12)18/h2-9,21H,10H2,1H3,(H,19,20)/b6-5-/t16-/m0/s1. The second-order valence-electron chi connectivity index (χ2n) is 4.97. The Hall–Kier alpha value is -2.05. The van der Waals surface area contributed by atoms with Crippen molar-refractivity contribution in [3.05, 3.63) is 63.9 Å². The van der Waals surface area contributed by atoms with Crippen molar-refractivity contribution in [1.29, 1.82) is 0 Å². The number of nitrogens with one attached hydrogen (secondary N) is 1. The van der Waals surface area contributed by atoms with Crippen LogP contribution >= 0.6 is 11.3 Å².